The lowest BCUT2D eigenvalue weighted by molar-refractivity contribution is -0.117. The number of amides is 1. The van der Waals surface area contributed by atoms with Crippen LogP contribution in [0.4, 0.5) is 5.69 Å². The van der Waals surface area contributed by atoms with E-state index in [2.05, 4.69) is 22.2 Å². The highest BCUT2D eigenvalue weighted by atomic mass is 16.5. The quantitative estimate of drug-likeness (QED) is 0.782. The molecule has 136 valence electrons. The minimum absolute atomic E-state index is 0.0386. The molecule has 1 N–H and O–H groups in total. The van der Waals surface area contributed by atoms with Gasteiger partial charge in [0.2, 0.25) is 5.91 Å². The van der Waals surface area contributed by atoms with E-state index in [1.807, 2.05) is 36.4 Å². The van der Waals surface area contributed by atoms with E-state index in [9.17, 15) is 4.79 Å². The molecule has 1 fully saturated rings. The second-order valence-corrected chi connectivity index (χ2v) is 6.77. The topological polar surface area (TPSA) is 58.0 Å². The van der Waals surface area contributed by atoms with Crippen molar-refractivity contribution in [3.8, 4) is 5.75 Å². The minimum Gasteiger partial charge on any atom is -0.495 e. The van der Waals surface area contributed by atoms with Crippen LogP contribution in [0.25, 0.3) is 21.9 Å². The van der Waals surface area contributed by atoms with Gasteiger partial charge in [0, 0.05) is 43.0 Å². The van der Waals surface area contributed by atoms with Gasteiger partial charge in [0.1, 0.15) is 16.9 Å². The molecule has 2 heterocycles. The first-order valence-corrected chi connectivity index (χ1v) is 8.84. The number of nitrogens with zero attached hydrogens (tertiary/aromatic N) is 2. The number of benzene rings is 2. The number of carbonyl (C=O) groups is 1. The summed E-state index contributed by atoms with van der Waals surface area (Å²) in [6.07, 6.45) is 0. The molecule has 1 amide bonds. The van der Waals surface area contributed by atoms with Crippen molar-refractivity contribution < 1.29 is 13.9 Å². The summed E-state index contributed by atoms with van der Waals surface area (Å²) >= 11 is 0. The second-order valence-electron chi connectivity index (χ2n) is 6.77. The molecule has 1 aliphatic heterocycles. The first-order chi connectivity index (χ1) is 12.6. The van der Waals surface area contributed by atoms with Crippen LogP contribution in [0.1, 0.15) is 0 Å². The number of para-hydroxylation sites is 1. The molecule has 6 heteroatoms. The number of fused-ring (bicyclic) bond motifs is 3. The van der Waals surface area contributed by atoms with Crippen molar-refractivity contribution in [2.75, 3.05) is 52.2 Å². The number of carbonyl (C=O) groups excluding carboxylic acids is 1. The first kappa shape index (κ1) is 16.9. The molecule has 0 radical (unpaired) electrons. The molecule has 1 aromatic heterocycles. The van der Waals surface area contributed by atoms with Crippen molar-refractivity contribution in [3.63, 3.8) is 0 Å². The lowest BCUT2D eigenvalue weighted by atomic mass is 10.1. The van der Waals surface area contributed by atoms with Gasteiger partial charge in [-0.05, 0) is 19.2 Å². The largest absolute Gasteiger partial charge is 0.495 e. The molecule has 6 nitrogen and oxygen atoms in total. The Labute approximate surface area is 152 Å². The lowest BCUT2D eigenvalue weighted by Gasteiger charge is -2.31. The molecule has 0 aliphatic carbocycles. The van der Waals surface area contributed by atoms with E-state index in [1.165, 1.54) is 0 Å². The Morgan fingerprint density at radius 3 is 2.65 bits per heavy atom. The van der Waals surface area contributed by atoms with Crippen molar-refractivity contribution in [1.29, 1.82) is 0 Å². The summed E-state index contributed by atoms with van der Waals surface area (Å²) in [5, 5.41) is 5.00. The fraction of sp³-hybridized carbons (Fsp3) is 0.350. The number of nitrogens with one attached hydrogen (secondary N) is 1. The summed E-state index contributed by atoms with van der Waals surface area (Å²) in [5.74, 6) is 0.596. The van der Waals surface area contributed by atoms with Crippen LogP contribution >= 0.6 is 0 Å². The fourth-order valence-electron chi connectivity index (χ4n) is 3.42. The molecule has 26 heavy (non-hydrogen) atoms. The number of piperazine rings is 1. The molecule has 0 saturated carbocycles. The molecular weight excluding hydrogens is 330 g/mol. The second kappa shape index (κ2) is 6.97. The molecule has 1 aliphatic rings. The van der Waals surface area contributed by atoms with Crippen molar-refractivity contribution in [2.24, 2.45) is 0 Å². The molecule has 0 unspecified atom stereocenters. The van der Waals surface area contributed by atoms with Crippen LogP contribution < -0.4 is 10.1 Å². The maximum Gasteiger partial charge on any atom is 0.238 e. The summed E-state index contributed by atoms with van der Waals surface area (Å²) in [5.41, 5.74) is 2.20. The average Bonchev–Trinajstić information content (AvgIpc) is 3.00. The van der Waals surface area contributed by atoms with E-state index in [0.717, 1.165) is 48.1 Å². The third-order valence-corrected chi connectivity index (χ3v) is 4.94. The Morgan fingerprint density at radius 1 is 1.12 bits per heavy atom. The molecular formula is C20H23N3O3. The minimum atomic E-state index is -0.0386. The van der Waals surface area contributed by atoms with Gasteiger partial charge in [-0.1, -0.05) is 18.2 Å². The Balaban J connectivity index is 1.57. The van der Waals surface area contributed by atoms with Gasteiger partial charge < -0.3 is 19.4 Å². The lowest BCUT2D eigenvalue weighted by Crippen LogP contribution is -2.47. The van der Waals surface area contributed by atoms with Crippen LogP contribution in [0.5, 0.6) is 5.75 Å². The van der Waals surface area contributed by atoms with E-state index in [1.54, 1.807) is 7.11 Å². The molecule has 3 aromatic rings. The highest BCUT2D eigenvalue weighted by Gasteiger charge is 2.18. The van der Waals surface area contributed by atoms with E-state index < -0.39 is 0 Å². The molecule has 0 atom stereocenters. The van der Waals surface area contributed by atoms with Crippen molar-refractivity contribution in [1.82, 2.24) is 9.80 Å². The van der Waals surface area contributed by atoms with E-state index in [0.29, 0.717) is 18.0 Å². The molecule has 4 rings (SSSR count). The number of hydrogen-bond donors (Lipinski definition) is 1. The van der Waals surface area contributed by atoms with Gasteiger partial charge in [0.05, 0.1) is 19.3 Å². The van der Waals surface area contributed by atoms with Gasteiger partial charge in [-0.2, -0.15) is 0 Å². The zero-order chi connectivity index (χ0) is 18.1. The van der Waals surface area contributed by atoms with Gasteiger partial charge in [-0.25, -0.2) is 0 Å². The monoisotopic (exact) mass is 353 g/mol. The standard InChI is InChI=1S/C20H23N3O3/c1-22-7-9-23(10-8-22)13-20(24)21-16-12-18-15(11-19(16)25-2)14-5-3-4-6-17(14)26-18/h3-6,11-12H,7-10,13H2,1-2H3,(H,21,24). The number of ether oxygens (including phenoxy) is 1. The zero-order valence-corrected chi connectivity index (χ0v) is 15.1. The van der Waals surface area contributed by atoms with Crippen LogP contribution in [0.3, 0.4) is 0 Å². The van der Waals surface area contributed by atoms with Gasteiger partial charge in [0.15, 0.2) is 0 Å². The normalized spacial score (nSPS) is 16.2. The maximum absolute atomic E-state index is 12.5. The smallest absolute Gasteiger partial charge is 0.238 e. The zero-order valence-electron chi connectivity index (χ0n) is 15.1. The van der Waals surface area contributed by atoms with Crippen LogP contribution in [-0.2, 0) is 4.79 Å². The predicted molar refractivity (Wildman–Crippen MR) is 103 cm³/mol. The van der Waals surface area contributed by atoms with E-state index in [4.69, 9.17) is 9.15 Å². The summed E-state index contributed by atoms with van der Waals surface area (Å²) < 4.78 is 11.4. The average molecular weight is 353 g/mol. The summed E-state index contributed by atoms with van der Waals surface area (Å²) in [6, 6.07) is 11.7. The highest BCUT2D eigenvalue weighted by molar-refractivity contribution is 6.07. The fourth-order valence-corrected chi connectivity index (χ4v) is 3.42. The number of hydrogen-bond acceptors (Lipinski definition) is 5. The number of furan rings is 1. The Kier molecular flexibility index (Phi) is 4.53. The van der Waals surface area contributed by atoms with Gasteiger partial charge in [-0.3, -0.25) is 9.69 Å². The van der Waals surface area contributed by atoms with E-state index >= 15 is 0 Å². The SMILES string of the molecule is COc1cc2c(cc1NC(=O)CN1CCN(C)CC1)oc1ccccc12. The number of anilines is 1. The van der Waals surface area contributed by atoms with E-state index in [-0.39, 0.29) is 5.91 Å². The molecule has 1 saturated heterocycles. The number of likely N-dealkylation sites (N-methyl/N-ethyl adjacent to an activating group) is 1. The Hall–Kier alpha value is -2.57. The third kappa shape index (κ3) is 3.25. The first-order valence-electron chi connectivity index (χ1n) is 8.84. The predicted octanol–water partition coefficient (Wildman–Crippen LogP) is 2.78. The van der Waals surface area contributed by atoms with Crippen molar-refractivity contribution >= 4 is 33.5 Å². The van der Waals surface area contributed by atoms with Crippen LogP contribution in [-0.4, -0.2) is 62.6 Å². The van der Waals surface area contributed by atoms with Gasteiger partial charge >= 0.3 is 0 Å². The molecule has 2 aromatic carbocycles. The number of methoxy groups -OCH3 is 1. The highest BCUT2D eigenvalue weighted by Crippen LogP contribution is 2.36. The van der Waals surface area contributed by atoms with Crippen molar-refractivity contribution in [2.45, 2.75) is 0 Å². The van der Waals surface area contributed by atoms with Crippen LogP contribution in [0.15, 0.2) is 40.8 Å². The summed E-state index contributed by atoms with van der Waals surface area (Å²) in [7, 11) is 3.71. The van der Waals surface area contributed by atoms with Crippen LogP contribution in [0.2, 0.25) is 0 Å². The summed E-state index contributed by atoms with van der Waals surface area (Å²) in [6.45, 7) is 4.17. The van der Waals surface area contributed by atoms with Gasteiger partial charge in [-0.15, -0.1) is 0 Å². The third-order valence-electron chi connectivity index (χ3n) is 4.94. The maximum atomic E-state index is 12.5. The number of rotatable bonds is 4. The Morgan fingerprint density at radius 2 is 1.88 bits per heavy atom. The van der Waals surface area contributed by atoms with Gasteiger partial charge in [0.25, 0.3) is 0 Å². The molecule has 0 bridgehead atoms. The van der Waals surface area contributed by atoms with Crippen LogP contribution in [0, 0.1) is 0 Å². The Bertz CT molecular complexity index is 942. The van der Waals surface area contributed by atoms with Crippen molar-refractivity contribution in [3.05, 3.63) is 36.4 Å². The molecule has 0 spiro atoms. The summed E-state index contributed by atoms with van der Waals surface area (Å²) in [4.78, 5) is 16.9.